The lowest BCUT2D eigenvalue weighted by atomic mass is 9.53. The maximum atomic E-state index is 11.0. The summed E-state index contributed by atoms with van der Waals surface area (Å²) in [6.45, 7) is 2.95. The van der Waals surface area contributed by atoms with E-state index in [4.69, 9.17) is 26.8 Å². The third kappa shape index (κ3) is 4.04. The van der Waals surface area contributed by atoms with E-state index in [1.165, 1.54) is 38.5 Å². The molecule has 0 aliphatic heterocycles. The van der Waals surface area contributed by atoms with Crippen molar-refractivity contribution in [3.05, 3.63) is 22.7 Å². The van der Waals surface area contributed by atoms with E-state index in [1.807, 2.05) is 19.1 Å². The zero-order valence-electron chi connectivity index (χ0n) is 15.9. The Morgan fingerprint density at radius 3 is 2.37 bits per heavy atom. The molecule has 27 heavy (non-hydrogen) atoms. The molecule has 5 nitrogen and oxygen atoms in total. The van der Waals surface area contributed by atoms with Crippen molar-refractivity contribution < 1.29 is 14.3 Å². The zero-order valence-corrected chi connectivity index (χ0v) is 16.7. The first kappa shape index (κ1) is 18.9. The van der Waals surface area contributed by atoms with Gasteiger partial charge in [0.05, 0.1) is 11.6 Å². The monoisotopic (exact) mass is 392 g/mol. The molecule has 4 fully saturated rings. The number of amides is 1. The molecule has 4 aliphatic rings. The number of rotatable bonds is 8. The predicted molar refractivity (Wildman–Crippen MR) is 105 cm³/mol. The van der Waals surface area contributed by atoms with Crippen LogP contribution in [0.3, 0.4) is 0 Å². The van der Waals surface area contributed by atoms with Crippen LogP contribution in [0.1, 0.15) is 51.0 Å². The maximum Gasteiger partial charge on any atom is 0.255 e. The fourth-order valence-corrected chi connectivity index (χ4v) is 6.17. The Morgan fingerprint density at radius 1 is 1.19 bits per heavy atom. The van der Waals surface area contributed by atoms with E-state index in [0.717, 1.165) is 29.9 Å². The number of primary amides is 1. The van der Waals surface area contributed by atoms with Gasteiger partial charge in [-0.25, -0.2) is 0 Å². The van der Waals surface area contributed by atoms with Gasteiger partial charge in [-0.2, -0.15) is 0 Å². The van der Waals surface area contributed by atoms with E-state index in [-0.39, 0.29) is 6.61 Å². The molecule has 1 aromatic carbocycles. The van der Waals surface area contributed by atoms with E-state index in [2.05, 4.69) is 5.32 Å². The molecule has 148 valence electrons. The number of halogens is 1. The summed E-state index contributed by atoms with van der Waals surface area (Å²) < 4.78 is 11.2. The molecule has 0 atom stereocenters. The van der Waals surface area contributed by atoms with Crippen LogP contribution < -0.4 is 20.5 Å². The molecular weight excluding hydrogens is 364 g/mol. The number of benzene rings is 1. The van der Waals surface area contributed by atoms with Crippen LogP contribution in [0.2, 0.25) is 5.02 Å². The van der Waals surface area contributed by atoms with Gasteiger partial charge < -0.3 is 20.5 Å². The van der Waals surface area contributed by atoms with Gasteiger partial charge in [0.1, 0.15) is 0 Å². The van der Waals surface area contributed by atoms with Crippen molar-refractivity contribution in [2.24, 2.45) is 23.5 Å². The van der Waals surface area contributed by atoms with Crippen LogP contribution in [0.5, 0.6) is 11.5 Å². The lowest BCUT2D eigenvalue weighted by molar-refractivity contribution is -0.119. The Balaban J connectivity index is 1.48. The quantitative estimate of drug-likeness (QED) is 0.708. The molecule has 4 bridgehead atoms. The van der Waals surface area contributed by atoms with Crippen LogP contribution in [-0.4, -0.2) is 24.7 Å². The van der Waals surface area contributed by atoms with Crippen LogP contribution in [0.4, 0.5) is 0 Å². The highest BCUT2D eigenvalue weighted by Crippen LogP contribution is 2.55. The van der Waals surface area contributed by atoms with Crippen molar-refractivity contribution in [2.75, 3.05) is 13.2 Å². The van der Waals surface area contributed by atoms with E-state index >= 15 is 0 Å². The molecular formula is C21H29ClN2O3. The largest absolute Gasteiger partial charge is 0.490 e. The number of hydrogen-bond donors (Lipinski definition) is 2. The van der Waals surface area contributed by atoms with Crippen LogP contribution in [0.25, 0.3) is 0 Å². The number of hydrogen-bond acceptors (Lipinski definition) is 4. The molecule has 0 heterocycles. The number of nitrogens with two attached hydrogens (primary N) is 1. The van der Waals surface area contributed by atoms with Crippen molar-refractivity contribution >= 4 is 17.5 Å². The van der Waals surface area contributed by atoms with E-state index in [9.17, 15) is 4.79 Å². The SMILES string of the molecule is CCOc1cc(CNC23CC4CC(CC(C4)C2)C3)cc(Cl)c1OCC(N)=O. The van der Waals surface area contributed by atoms with Gasteiger partial charge in [0.15, 0.2) is 18.1 Å². The maximum absolute atomic E-state index is 11.0. The van der Waals surface area contributed by atoms with Gasteiger partial charge in [-0.3, -0.25) is 4.79 Å². The molecule has 1 aromatic rings. The highest BCUT2D eigenvalue weighted by atomic mass is 35.5. The second-order valence-electron chi connectivity index (χ2n) is 8.64. The van der Waals surface area contributed by atoms with Crippen LogP contribution >= 0.6 is 11.6 Å². The lowest BCUT2D eigenvalue weighted by Gasteiger charge is -2.57. The summed E-state index contributed by atoms with van der Waals surface area (Å²) in [5.41, 5.74) is 6.55. The minimum atomic E-state index is -0.541. The average Bonchev–Trinajstić information content (AvgIpc) is 2.58. The molecule has 0 unspecified atom stereocenters. The van der Waals surface area contributed by atoms with Gasteiger partial charge in [-0.1, -0.05) is 11.6 Å². The van der Waals surface area contributed by atoms with Crippen molar-refractivity contribution in [1.29, 1.82) is 0 Å². The van der Waals surface area contributed by atoms with Gasteiger partial charge in [0.25, 0.3) is 5.91 Å². The number of carbonyl (C=O) groups excluding carboxylic acids is 1. The molecule has 6 heteroatoms. The highest BCUT2D eigenvalue weighted by molar-refractivity contribution is 6.32. The second kappa shape index (κ2) is 7.51. The normalized spacial score (nSPS) is 31.1. The molecule has 0 aromatic heterocycles. The van der Waals surface area contributed by atoms with Crippen LogP contribution in [0.15, 0.2) is 12.1 Å². The third-order valence-electron chi connectivity index (χ3n) is 6.43. The summed E-state index contributed by atoms with van der Waals surface area (Å²) in [6, 6.07) is 3.85. The minimum Gasteiger partial charge on any atom is -0.490 e. The first-order valence-corrected chi connectivity index (χ1v) is 10.5. The zero-order chi connectivity index (χ0) is 19.0. The highest BCUT2D eigenvalue weighted by Gasteiger charge is 2.50. The number of carbonyl (C=O) groups is 1. The Morgan fingerprint density at radius 2 is 1.81 bits per heavy atom. The van der Waals surface area contributed by atoms with Crippen molar-refractivity contribution in [1.82, 2.24) is 5.32 Å². The second-order valence-corrected chi connectivity index (χ2v) is 9.05. The Bertz CT molecular complexity index is 686. The van der Waals surface area contributed by atoms with Gasteiger partial charge in [0, 0.05) is 12.1 Å². The van der Waals surface area contributed by atoms with E-state index in [0.29, 0.717) is 28.7 Å². The molecule has 4 aliphatic carbocycles. The summed E-state index contributed by atoms with van der Waals surface area (Å²) in [5.74, 6) is 3.15. The molecule has 3 N–H and O–H groups in total. The number of nitrogens with one attached hydrogen (secondary N) is 1. The summed E-state index contributed by atoms with van der Waals surface area (Å²) in [7, 11) is 0. The third-order valence-corrected chi connectivity index (χ3v) is 6.71. The Labute approximate surface area is 165 Å². The van der Waals surface area contributed by atoms with Crippen molar-refractivity contribution in [2.45, 2.75) is 57.5 Å². The molecule has 1 amide bonds. The van der Waals surface area contributed by atoms with Crippen LogP contribution in [0, 0.1) is 17.8 Å². The van der Waals surface area contributed by atoms with Crippen molar-refractivity contribution in [3.63, 3.8) is 0 Å². The summed E-state index contributed by atoms with van der Waals surface area (Å²) in [6.07, 6.45) is 8.24. The van der Waals surface area contributed by atoms with Gasteiger partial charge in [-0.15, -0.1) is 0 Å². The van der Waals surface area contributed by atoms with E-state index < -0.39 is 5.91 Å². The van der Waals surface area contributed by atoms with E-state index in [1.54, 1.807) is 0 Å². The molecule has 0 radical (unpaired) electrons. The fourth-order valence-electron chi connectivity index (χ4n) is 5.89. The Hall–Kier alpha value is -1.46. The summed E-state index contributed by atoms with van der Waals surface area (Å²) in [5, 5.41) is 4.33. The van der Waals surface area contributed by atoms with Crippen molar-refractivity contribution in [3.8, 4) is 11.5 Å². The molecule has 4 saturated carbocycles. The fraction of sp³-hybridized carbons (Fsp3) is 0.667. The topological polar surface area (TPSA) is 73.6 Å². The lowest BCUT2D eigenvalue weighted by Crippen LogP contribution is -2.58. The van der Waals surface area contributed by atoms with Gasteiger partial charge >= 0.3 is 0 Å². The predicted octanol–water partition coefficient (Wildman–Crippen LogP) is 3.66. The summed E-state index contributed by atoms with van der Waals surface area (Å²) >= 11 is 6.42. The molecule has 0 spiro atoms. The standard InChI is InChI=1S/C21H29ClN2O3/c1-2-26-18-7-16(6-17(22)20(18)27-12-19(23)25)11-24-21-8-13-3-14(9-21)5-15(4-13)10-21/h6-7,13-15,24H,2-5,8-12H2,1H3,(H2,23,25). The minimum absolute atomic E-state index is 0.218. The van der Waals surface area contributed by atoms with Gasteiger partial charge in [-0.05, 0) is 80.9 Å². The molecule has 5 rings (SSSR count). The molecule has 0 saturated heterocycles. The van der Waals surface area contributed by atoms with Crippen LogP contribution in [-0.2, 0) is 11.3 Å². The summed E-state index contributed by atoms with van der Waals surface area (Å²) in [4.78, 5) is 11.0. The Kier molecular flexibility index (Phi) is 5.26. The average molecular weight is 393 g/mol. The smallest absolute Gasteiger partial charge is 0.255 e. The number of ether oxygens (including phenoxy) is 2. The first-order chi connectivity index (χ1) is 13.0. The van der Waals surface area contributed by atoms with Gasteiger partial charge in [0.2, 0.25) is 0 Å². The first-order valence-electron chi connectivity index (χ1n) is 10.1.